The Labute approximate surface area is 205 Å². The first-order valence-electron chi connectivity index (χ1n) is 10.2. The second-order valence-electron chi connectivity index (χ2n) is 7.52. The van der Waals surface area contributed by atoms with Crippen LogP contribution >= 0.6 is 12.6 Å². The molecule has 0 saturated heterocycles. The number of primary amides is 2. The lowest BCUT2D eigenvalue weighted by atomic mass is 10.0. The van der Waals surface area contributed by atoms with Gasteiger partial charge in [0, 0.05) is 12.2 Å². The Morgan fingerprint density at radius 3 is 1.74 bits per heavy atom. The van der Waals surface area contributed by atoms with Crippen LogP contribution in [0.15, 0.2) is 24.3 Å². The molecule has 0 fully saturated rings. The summed E-state index contributed by atoms with van der Waals surface area (Å²) in [5.41, 5.74) is 16.3. The Balaban J connectivity index is 3.13. The Kier molecular flexibility index (Phi) is 11.5. The van der Waals surface area contributed by atoms with Crippen LogP contribution < -0.4 is 33.2 Å². The average molecular weight is 513 g/mol. The molecule has 1 aromatic rings. The van der Waals surface area contributed by atoms with Crippen LogP contribution in [0, 0.1) is 0 Å². The number of thiol groups is 1. The fourth-order valence-electron chi connectivity index (χ4n) is 2.80. The van der Waals surface area contributed by atoms with Gasteiger partial charge < -0.3 is 43.4 Å². The molecule has 0 aliphatic carbocycles. The van der Waals surface area contributed by atoms with Crippen molar-refractivity contribution >= 4 is 48.1 Å². The fraction of sp³-hybridized carbons (Fsp3) is 0.400. The molecule has 0 aromatic heterocycles. The number of aliphatic carboxylic acids is 1. The van der Waals surface area contributed by atoms with E-state index in [9.17, 15) is 39.0 Å². The van der Waals surface area contributed by atoms with Crippen molar-refractivity contribution in [2.45, 2.75) is 43.4 Å². The minimum atomic E-state index is -1.71. The molecule has 1 rings (SSSR count). The number of benzene rings is 1. The number of hydrogen-bond acceptors (Lipinski definition) is 9. The summed E-state index contributed by atoms with van der Waals surface area (Å²) in [6, 6.07) is 0.0232. The highest BCUT2D eigenvalue weighted by Crippen LogP contribution is 2.12. The van der Waals surface area contributed by atoms with Gasteiger partial charge in [-0.3, -0.25) is 24.0 Å². The van der Waals surface area contributed by atoms with Crippen LogP contribution in [-0.2, 0) is 35.2 Å². The van der Waals surface area contributed by atoms with Crippen LogP contribution in [0.25, 0.3) is 0 Å². The van der Waals surface area contributed by atoms with Gasteiger partial charge in [0.2, 0.25) is 29.5 Å². The summed E-state index contributed by atoms with van der Waals surface area (Å²) < 4.78 is 0. The molecule has 4 atom stereocenters. The van der Waals surface area contributed by atoms with Crippen molar-refractivity contribution in [1.82, 2.24) is 16.0 Å². The van der Waals surface area contributed by atoms with Crippen molar-refractivity contribution in [3.63, 3.8) is 0 Å². The molecule has 0 aliphatic rings. The summed E-state index contributed by atoms with van der Waals surface area (Å²) in [6.07, 6.45) is -1.54. The second-order valence-corrected chi connectivity index (χ2v) is 7.89. The van der Waals surface area contributed by atoms with Gasteiger partial charge >= 0.3 is 5.97 Å². The van der Waals surface area contributed by atoms with Gasteiger partial charge in [0.1, 0.15) is 23.9 Å². The molecule has 0 bridgehead atoms. The van der Waals surface area contributed by atoms with E-state index in [0.29, 0.717) is 5.56 Å². The number of hydrogen-bond donors (Lipinski definition) is 9. The third-order valence-electron chi connectivity index (χ3n) is 4.60. The first-order chi connectivity index (χ1) is 16.3. The van der Waals surface area contributed by atoms with E-state index in [4.69, 9.17) is 17.2 Å². The minimum absolute atomic E-state index is 0.0253. The molecular weight excluding hydrogens is 484 g/mol. The largest absolute Gasteiger partial charge is 0.508 e. The third kappa shape index (κ3) is 10.3. The summed E-state index contributed by atoms with van der Waals surface area (Å²) in [5.74, 6) is -6.38. The van der Waals surface area contributed by atoms with Crippen LogP contribution in [0.5, 0.6) is 5.75 Å². The normalized spacial score (nSPS) is 14.0. The molecule has 35 heavy (non-hydrogen) atoms. The molecule has 0 aliphatic heterocycles. The number of aromatic hydroxyl groups is 1. The van der Waals surface area contributed by atoms with E-state index >= 15 is 0 Å². The molecule has 5 amide bonds. The zero-order valence-electron chi connectivity index (χ0n) is 18.5. The van der Waals surface area contributed by atoms with E-state index in [1.54, 1.807) is 0 Å². The maximum Gasteiger partial charge on any atom is 0.326 e. The van der Waals surface area contributed by atoms with Gasteiger partial charge in [-0.15, -0.1) is 0 Å². The van der Waals surface area contributed by atoms with Gasteiger partial charge in [-0.05, 0) is 17.7 Å². The second kappa shape index (κ2) is 13.8. The monoisotopic (exact) mass is 512 g/mol. The first kappa shape index (κ1) is 29.2. The van der Waals surface area contributed by atoms with Crippen molar-refractivity contribution in [1.29, 1.82) is 0 Å². The number of phenols is 1. The Morgan fingerprint density at radius 2 is 1.26 bits per heavy atom. The lowest BCUT2D eigenvalue weighted by Gasteiger charge is -2.24. The standard InChI is InChI=1S/C20H28N6O8S/c21-11(8-35)17(30)24-12(5-9-1-3-10(27)4-2-9)18(31)25-13(6-15(22)28)19(32)26-14(20(33)34)7-16(23)29/h1-4,11-14,27,35H,5-8,21H2,(H2,22,28)(H2,23,29)(H,24,30)(H,25,31)(H,26,32)(H,33,34). The molecule has 4 unspecified atom stereocenters. The highest BCUT2D eigenvalue weighted by Gasteiger charge is 2.31. The van der Waals surface area contributed by atoms with E-state index in [-0.39, 0.29) is 17.9 Å². The molecule has 0 spiro atoms. The van der Waals surface area contributed by atoms with Crippen molar-refractivity contribution in [3.05, 3.63) is 29.8 Å². The number of rotatable bonds is 14. The zero-order valence-corrected chi connectivity index (χ0v) is 19.4. The number of carbonyl (C=O) groups is 6. The van der Waals surface area contributed by atoms with Crippen molar-refractivity contribution in [2.24, 2.45) is 17.2 Å². The molecule has 11 N–H and O–H groups in total. The molecule has 1 aromatic carbocycles. The third-order valence-corrected chi connectivity index (χ3v) is 4.99. The number of carboxylic acid groups (broad SMARTS) is 1. The maximum atomic E-state index is 13.0. The maximum absolute atomic E-state index is 13.0. The Morgan fingerprint density at radius 1 is 0.800 bits per heavy atom. The predicted molar refractivity (Wildman–Crippen MR) is 125 cm³/mol. The van der Waals surface area contributed by atoms with Gasteiger partial charge in [0.15, 0.2) is 0 Å². The smallest absolute Gasteiger partial charge is 0.326 e. The number of phenolic OH excluding ortho intramolecular Hbond substituents is 1. The molecule has 15 heteroatoms. The number of amides is 5. The Bertz CT molecular complexity index is 957. The van der Waals surface area contributed by atoms with Gasteiger partial charge in [-0.1, -0.05) is 12.1 Å². The van der Waals surface area contributed by atoms with E-state index in [1.165, 1.54) is 24.3 Å². The van der Waals surface area contributed by atoms with Crippen LogP contribution in [0.2, 0.25) is 0 Å². The topological polar surface area (TPSA) is 257 Å². The van der Waals surface area contributed by atoms with E-state index in [0.717, 1.165) is 0 Å². The predicted octanol–water partition coefficient (Wildman–Crippen LogP) is -3.52. The number of nitrogens with two attached hydrogens (primary N) is 3. The fourth-order valence-corrected chi connectivity index (χ4v) is 2.96. The molecule has 0 heterocycles. The van der Waals surface area contributed by atoms with Crippen molar-refractivity contribution in [3.8, 4) is 5.75 Å². The van der Waals surface area contributed by atoms with Crippen LogP contribution in [0.1, 0.15) is 18.4 Å². The van der Waals surface area contributed by atoms with Gasteiger partial charge in [-0.2, -0.15) is 12.6 Å². The first-order valence-corrected chi connectivity index (χ1v) is 10.8. The Hall–Kier alpha value is -3.85. The molecule has 14 nitrogen and oxygen atoms in total. The molecular formula is C20H28N6O8S. The summed E-state index contributed by atoms with van der Waals surface area (Å²) in [6.45, 7) is 0. The highest BCUT2D eigenvalue weighted by atomic mass is 32.1. The van der Waals surface area contributed by atoms with Crippen LogP contribution in [-0.4, -0.2) is 75.6 Å². The molecule has 0 radical (unpaired) electrons. The lowest BCUT2D eigenvalue weighted by Crippen LogP contribution is -2.58. The summed E-state index contributed by atoms with van der Waals surface area (Å²) in [5, 5.41) is 25.3. The molecule has 0 saturated carbocycles. The van der Waals surface area contributed by atoms with Crippen molar-refractivity contribution < 1.29 is 39.0 Å². The summed E-state index contributed by atoms with van der Waals surface area (Å²) >= 11 is 3.93. The summed E-state index contributed by atoms with van der Waals surface area (Å²) in [4.78, 5) is 71.7. The number of carboxylic acids is 1. The highest BCUT2D eigenvalue weighted by molar-refractivity contribution is 7.80. The minimum Gasteiger partial charge on any atom is -0.508 e. The summed E-state index contributed by atoms with van der Waals surface area (Å²) in [7, 11) is 0. The van der Waals surface area contributed by atoms with Gasteiger partial charge in [-0.25, -0.2) is 4.79 Å². The number of nitrogens with one attached hydrogen (secondary N) is 3. The average Bonchev–Trinajstić information content (AvgIpc) is 2.77. The van der Waals surface area contributed by atoms with E-state index < -0.39 is 72.5 Å². The van der Waals surface area contributed by atoms with Gasteiger partial charge in [0.05, 0.1) is 18.9 Å². The van der Waals surface area contributed by atoms with E-state index in [2.05, 4.69) is 23.3 Å². The van der Waals surface area contributed by atoms with Gasteiger partial charge in [0.25, 0.3) is 0 Å². The quantitative estimate of drug-likeness (QED) is 0.112. The zero-order chi connectivity index (χ0) is 26.7. The number of carbonyl (C=O) groups excluding carboxylic acids is 5. The van der Waals surface area contributed by atoms with Crippen LogP contribution in [0.4, 0.5) is 0 Å². The van der Waals surface area contributed by atoms with Crippen LogP contribution in [0.3, 0.4) is 0 Å². The lowest BCUT2D eigenvalue weighted by molar-refractivity contribution is -0.144. The molecule has 192 valence electrons. The SMILES string of the molecule is NC(=O)CC(NC(=O)C(CC(N)=O)NC(=O)C(Cc1ccc(O)cc1)NC(=O)C(N)CS)C(=O)O. The van der Waals surface area contributed by atoms with Crippen molar-refractivity contribution in [2.75, 3.05) is 5.75 Å². The van der Waals surface area contributed by atoms with E-state index in [1.807, 2.05) is 5.32 Å².